The molecule has 1 heterocycles. The van der Waals surface area contributed by atoms with Gasteiger partial charge in [0.25, 0.3) is 0 Å². The Hall–Kier alpha value is -2.48. The third-order valence-electron chi connectivity index (χ3n) is 4.08. The van der Waals surface area contributed by atoms with E-state index in [4.69, 9.17) is 4.74 Å². The molecule has 1 aromatic carbocycles. The molecule has 0 bridgehead atoms. The molecule has 1 atom stereocenters. The number of carbonyl (C=O) groups excluding carboxylic acids is 3. The van der Waals surface area contributed by atoms with Gasteiger partial charge in [0.15, 0.2) is 0 Å². The minimum absolute atomic E-state index is 0.00411. The highest BCUT2D eigenvalue weighted by molar-refractivity contribution is 5.89. The number of rotatable bonds is 8. The Bertz CT molecular complexity index is 636. The van der Waals surface area contributed by atoms with Gasteiger partial charge in [0.05, 0.1) is 25.5 Å². The summed E-state index contributed by atoms with van der Waals surface area (Å²) in [5.74, 6) is -1.21. The molecule has 0 aliphatic carbocycles. The molecule has 2 rings (SSSR count). The molecule has 2 amide bonds. The van der Waals surface area contributed by atoms with Crippen molar-refractivity contribution in [3.8, 4) is 0 Å². The SMILES string of the molecule is CCOC(=O)CCNC(=O)CC1C(=O)NCCN1Cc1ccc(F)cc1. The van der Waals surface area contributed by atoms with Gasteiger partial charge in [-0.3, -0.25) is 19.3 Å². The van der Waals surface area contributed by atoms with Crippen molar-refractivity contribution in [3.63, 3.8) is 0 Å². The first-order valence-corrected chi connectivity index (χ1v) is 8.68. The van der Waals surface area contributed by atoms with Crippen molar-refractivity contribution in [3.05, 3.63) is 35.6 Å². The van der Waals surface area contributed by atoms with Crippen molar-refractivity contribution >= 4 is 17.8 Å². The number of carbonyl (C=O) groups is 3. The van der Waals surface area contributed by atoms with Gasteiger partial charge in [-0.15, -0.1) is 0 Å². The van der Waals surface area contributed by atoms with E-state index < -0.39 is 6.04 Å². The Labute approximate surface area is 151 Å². The van der Waals surface area contributed by atoms with Crippen molar-refractivity contribution in [2.24, 2.45) is 0 Å². The van der Waals surface area contributed by atoms with E-state index in [0.29, 0.717) is 26.2 Å². The van der Waals surface area contributed by atoms with E-state index in [1.807, 2.05) is 4.90 Å². The van der Waals surface area contributed by atoms with E-state index in [9.17, 15) is 18.8 Å². The lowest BCUT2D eigenvalue weighted by Gasteiger charge is -2.34. The summed E-state index contributed by atoms with van der Waals surface area (Å²) in [7, 11) is 0. The quantitative estimate of drug-likeness (QED) is 0.658. The van der Waals surface area contributed by atoms with Gasteiger partial charge in [-0.1, -0.05) is 12.1 Å². The molecule has 0 aromatic heterocycles. The third-order valence-corrected chi connectivity index (χ3v) is 4.08. The molecule has 0 saturated carbocycles. The maximum Gasteiger partial charge on any atom is 0.307 e. The molecule has 142 valence electrons. The lowest BCUT2D eigenvalue weighted by atomic mass is 10.1. The zero-order valence-electron chi connectivity index (χ0n) is 14.8. The first-order chi connectivity index (χ1) is 12.5. The van der Waals surface area contributed by atoms with Crippen molar-refractivity contribution in [2.45, 2.75) is 32.4 Å². The van der Waals surface area contributed by atoms with Crippen LogP contribution >= 0.6 is 0 Å². The second-order valence-corrected chi connectivity index (χ2v) is 6.01. The molecule has 1 unspecified atom stereocenters. The van der Waals surface area contributed by atoms with Crippen molar-refractivity contribution in [1.29, 1.82) is 0 Å². The normalized spacial score (nSPS) is 17.5. The van der Waals surface area contributed by atoms with Crippen molar-refractivity contribution in [1.82, 2.24) is 15.5 Å². The van der Waals surface area contributed by atoms with Crippen LogP contribution in [0.25, 0.3) is 0 Å². The van der Waals surface area contributed by atoms with E-state index in [1.165, 1.54) is 12.1 Å². The number of nitrogens with one attached hydrogen (secondary N) is 2. The Morgan fingerprint density at radius 1 is 1.35 bits per heavy atom. The van der Waals surface area contributed by atoms with Crippen LogP contribution in [0.2, 0.25) is 0 Å². The molecule has 1 aliphatic heterocycles. The smallest absolute Gasteiger partial charge is 0.307 e. The minimum atomic E-state index is -0.601. The third kappa shape index (κ3) is 6.11. The van der Waals surface area contributed by atoms with E-state index in [0.717, 1.165) is 5.56 Å². The van der Waals surface area contributed by atoms with Gasteiger partial charge in [-0.05, 0) is 24.6 Å². The molecule has 2 N–H and O–H groups in total. The largest absolute Gasteiger partial charge is 0.466 e. The van der Waals surface area contributed by atoms with Crippen LogP contribution < -0.4 is 10.6 Å². The summed E-state index contributed by atoms with van der Waals surface area (Å²) in [6.07, 6.45) is 0.0889. The average Bonchev–Trinajstić information content (AvgIpc) is 2.60. The highest BCUT2D eigenvalue weighted by Crippen LogP contribution is 2.14. The zero-order chi connectivity index (χ0) is 18.9. The number of benzene rings is 1. The number of hydrogen-bond acceptors (Lipinski definition) is 5. The molecule has 1 saturated heterocycles. The van der Waals surface area contributed by atoms with Crippen LogP contribution in [-0.4, -0.2) is 55.0 Å². The molecular formula is C18H24FN3O4. The van der Waals surface area contributed by atoms with Crippen LogP contribution in [0.1, 0.15) is 25.3 Å². The first-order valence-electron chi connectivity index (χ1n) is 8.68. The lowest BCUT2D eigenvalue weighted by Crippen LogP contribution is -2.56. The van der Waals surface area contributed by atoms with Crippen LogP contribution in [0.3, 0.4) is 0 Å². The number of esters is 1. The summed E-state index contributed by atoms with van der Waals surface area (Å²) in [6.45, 7) is 3.74. The maximum absolute atomic E-state index is 13.0. The van der Waals surface area contributed by atoms with E-state index in [2.05, 4.69) is 10.6 Å². The second-order valence-electron chi connectivity index (χ2n) is 6.01. The summed E-state index contributed by atoms with van der Waals surface area (Å²) in [4.78, 5) is 37.5. The summed E-state index contributed by atoms with van der Waals surface area (Å²) in [5, 5.41) is 5.39. The lowest BCUT2D eigenvalue weighted by molar-refractivity contribution is -0.143. The van der Waals surface area contributed by atoms with E-state index in [1.54, 1.807) is 19.1 Å². The minimum Gasteiger partial charge on any atom is -0.466 e. The molecule has 1 fully saturated rings. The van der Waals surface area contributed by atoms with Gasteiger partial charge >= 0.3 is 5.97 Å². The molecular weight excluding hydrogens is 341 g/mol. The highest BCUT2D eigenvalue weighted by Gasteiger charge is 2.31. The molecule has 8 heteroatoms. The summed E-state index contributed by atoms with van der Waals surface area (Å²) in [6, 6.07) is 5.47. The number of halogens is 1. The number of piperazine rings is 1. The molecule has 0 spiro atoms. The van der Waals surface area contributed by atoms with Crippen LogP contribution in [0.4, 0.5) is 4.39 Å². The van der Waals surface area contributed by atoms with Crippen LogP contribution in [0.5, 0.6) is 0 Å². The maximum atomic E-state index is 13.0. The summed E-state index contributed by atoms with van der Waals surface area (Å²) in [5.41, 5.74) is 0.869. The summed E-state index contributed by atoms with van der Waals surface area (Å²) < 4.78 is 17.8. The van der Waals surface area contributed by atoms with Gasteiger partial charge in [0.2, 0.25) is 11.8 Å². The Balaban J connectivity index is 1.88. The fourth-order valence-corrected chi connectivity index (χ4v) is 2.78. The standard InChI is InChI=1S/C18H24FN3O4/c1-2-26-17(24)7-8-20-16(23)11-15-18(25)21-9-10-22(15)12-13-3-5-14(19)6-4-13/h3-6,15H,2,7-12H2,1H3,(H,20,23)(H,21,25). The predicted octanol–water partition coefficient (Wildman–Crippen LogP) is 0.586. The monoisotopic (exact) mass is 365 g/mol. The van der Waals surface area contributed by atoms with Crippen LogP contribution in [0.15, 0.2) is 24.3 Å². The van der Waals surface area contributed by atoms with Gasteiger partial charge in [-0.25, -0.2) is 4.39 Å². The van der Waals surface area contributed by atoms with Gasteiger partial charge in [0.1, 0.15) is 5.82 Å². The number of nitrogens with zero attached hydrogens (tertiary/aromatic N) is 1. The van der Waals surface area contributed by atoms with Crippen LogP contribution in [0, 0.1) is 5.82 Å². The average molecular weight is 365 g/mol. The fraction of sp³-hybridized carbons (Fsp3) is 0.500. The van der Waals surface area contributed by atoms with E-state index >= 15 is 0 Å². The Kier molecular flexibility index (Phi) is 7.53. The first kappa shape index (κ1) is 19.8. The van der Waals surface area contributed by atoms with Gasteiger partial charge < -0.3 is 15.4 Å². The predicted molar refractivity (Wildman–Crippen MR) is 92.5 cm³/mol. The van der Waals surface area contributed by atoms with Gasteiger partial charge in [0, 0.05) is 26.2 Å². The molecule has 26 heavy (non-hydrogen) atoms. The molecule has 0 radical (unpaired) electrons. The summed E-state index contributed by atoms with van der Waals surface area (Å²) >= 11 is 0. The molecule has 1 aromatic rings. The second kappa shape index (κ2) is 9.86. The highest BCUT2D eigenvalue weighted by atomic mass is 19.1. The molecule has 1 aliphatic rings. The zero-order valence-corrected chi connectivity index (χ0v) is 14.8. The number of amides is 2. The Morgan fingerprint density at radius 3 is 2.77 bits per heavy atom. The fourth-order valence-electron chi connectivity index (χ4n) is 2.78. The number of ether oxygens (including phenoxy) is 1. The van der Waals surface area contributed by atoms with Crippen molar-refractivity contribution in [2.75, 3.05) is 26.2 Å². The van der Waals surface area contributed by atoms with Crippen LogP contribution in [-0.2, 0) is 25.7 Å². The van der Waals surface area contributed by atoms with Gasteiger partial charge in [-0.2, -0.15) is 0 Å². The topological polar surface area (TPSA) is 87.7 Å². The van der Waals surface area contributed by atoms with E-state index in [-0.39, 0.29) is 43.0 Å². The Morgan fingerprint density at radius 2 is 2.08 bits per heavy atom. The number of hydrogen-bond donors (Lipinski definition) is 2. The molecule has 7 nitrogen and oxygen atoms in total. The van der Waals surface area contributed by atoms with Crippen molar-refractivity contribution < 1.29 is 23.5 Å².